The van der Waals surface area contributed by atoms with Gasteiger partial charge >= 0.3 is 0 Å². The average molecular weight is 221 g/mol. The predicted octanol–water partition coefficient (Wildman–Crippen LogP) is 2.71. The van der Waals surface area contributed by atoms with Gasteiger partial charge in [-0.25, -0.2) is 0 Å². The summed E-state index contributed by atoms with van der Waals surface area (Å²) in [6, 6.07) is 5.85. The Morgan fingerprint density at radius 2 is 1.81 bits per heavy atom. The van der Waals surface area contributed by atoms with Crippen LogP contribution in [0.3, 0.4) is 0 Å². The van der Waals surface area contributed by atoms with Crippen LogP contribution in [-0.4, -0.2) is 11.1 Å². The molecule has 0 saturated carbocycles. The van der Waals surface area contributed by atoms with E-state index in [2.05, 4.69) is 27.7 Å². The fourth-order valence-corrected chi connectivity index (χ4v) is 1.87. The Hall–Kier alpha value is -0.860. The molecule has 1 rings (SSSR count). The molecule has 2 heteroatoms. The van der Waals surface area contributed by atoms with Crippen molar-refractivity contribution in [1.82, 2.24) is 0 Å². The molecule has 0 aliphatic carbocycles. The van der Waals surface area contributed by atoms with E-state index < -0.39 is 6.10 Å². The first-order valence-electron chi connectivity index (χ1n) is 5.92. The van der Waals surface area contributed by atoms with Crippen molar-refractivity contribution in [2.45, 2.75) is 46.3 Å². The molecule has 2 nitrogen and oxygen atoms in total. The number of hydrogen-bond donors (Lipinski definition) is 2. The van der Waals surface area contributed by atoms with Crippen LogP contribution in [0.15, 0.2) is 18.2 Å². The molecule has 0 amide bonds. The molecule has 0 aliphatic heterocycles. The number of nitrogens with two attached hydrogens (primary N) is 1. The highest BCUT2D eigenvalue weighted by Gasteiger charge is 2.18. The third-order valence-electron chi connectivity index (χ3n) is 3.02. The number of rotatable bonds is 4. The van der Waals surface area contributed by atoms with Crippen molar-refractivity contribution in [1.29, 1.82) is 0 Å². The number of hydrogen-bond acceptors (Lipinski definition) is 2. The van der Waals surface area contributed by atoms with E-state index >= 15 is 0 Å². The summed E-state index contributed by atoms with van der Waals surface area (Å²) in [5.74, 6) is 0.510. The van der Waals surface area contributed by atoms with E-state index in [0.29, 0.717) is 5.92 Å². The lowest BCUT2D eigenvalue weighted by molar-refractivity contribution is 0.136. The molecule has 2 unspecified atom stereocenters. The van der Waals surface area contributed by atoms with Crippen LogP contribution in [0.25, 0.3) is 0 Å². The first-order valence-corrected chi connectivity index (χ1v) is 5.92. The summed E-state index contributed by atoms with van der Waals surface area (Å²) >= 11 is 0. The maximum absolute atomic E-state index is 10.1. The van der Waals surface area contributed by atoms with E-state index in [0.717, 1.165) is 12.0 Å². The van der Waals surface area contributed by atoms with Gasteiger partial charge in [-0.2, -0.15) is 0 Å². The molecular weight excluding hydrogens is 198 g/mol. The van der Waals surface area contributed by atoms with E-state index in [4.69, 9.17) is 5.73 Å². The SMILES string of the molecule is Cc1ccc(C(O)C(N)CC(C)C)cc1C. The molecule has 0 spiro atoms. The Bertz CT molecular complexity index is 347. The minimum Gasteiger partial charge on any atom is -0.387 e. The van der Waals surface area contributed by atoms with Gasteiger partial charge in [-0.15, -0.1) is 0 Å². The normalized spacial score (nSPS) is 15.2. The van der Waals surface area contributed by atoms with Gasteiger partial charge in [0, 0.05) is 6.04 Å². The van der Waals surface area contributed by atoms with Crippen molar-refractivity contribution in [3.63, 3.8) is 0 Å². The second-order valence-electron chi connectivity index (χ2n) is 5.08. The Morgan fingerprint density at radius 1 is 1.19 bits per heavy atom. The predicted molar refractivity (Wildman–Crippen MR) is 68.3 cm³/mol. The zero-order valence-corrected chi connectivity index (χ0v) is 10.7. The van der Waals surface area contributed by atoms with Gasteiger partial charge in [-0.1, -0.05) is 32.0 Å². The number of aryl methyl sites for hydroxylation is 2. The molecule has 0 heterocycles. The van der Waals surface area contributed by atoms with Gasteiger partial charge in [0.2, 0.25) is 0 Å². The summed E-state index contributed by atoms with van der Waals surface area (Å²) in [4.78, 5) is 0. The van der Waals surface area contributed by atoms with Gasteiger partial charge in [0.15, 0.2) is 0 Å². The minimum atomic E-state index is -0.554. The van der Waals surface area contributed by atoms with Gasteiger partial charge in [0.25, 0.3) is 0 Å². The Balaban J connectivity index is 2.79. The maximum atomic E-state index is 10.1. The smallest absolute Gasteiger partial charge is 0.0941 e. The molecule has 0 radical (unpaired) electrons. The molecular formula is C14H23NO. The molecule has 16 heavy (non-hydrogen) atoms. The van der Waals surface area contributed by atoms with Crippen LogP contribution in [-0.2, 0) is 0 Å². The first-order chi connectivity index (χ1) is 7.41. The van der Waals surface area contributed by atoms with Crippen molar-refractivity contribution in [3.8, 4) is 0 Å². The molecule has 0 fully saturated rings. The quantitative estimate of drug-likeness (QED) is 0.821. The molecule has 3 N–H and O–H groups in total. The van der Waals surface area contributed by atoms with E-state index in [1.54, 1.807) is 0 Å². The second-order valence-corrected chi connectivity index (χ2v) is 5.08. The topological polar surface area (TPSA) is 46.2 Å². The highest BCUT2D eigenvalue weighted by atomic mass is 16.3. The summed E-state index contributed by atoms with van der Waals surface area (Å²) in [6.45, 7) is 8.36. The zero-order chi connectivity index (χ0) is 12.3. The summed E-state index contributed by atoms with van der Waals surface area (Å²) in [5, 5.41) is 10.1. The Kier molecular flexibility index (Phi) is 4.51. The van der Waals surface area contributed by atoms with Crippen LogP contribution in [0, 0.1) is 19.8 Å². The van der Waals surface area contributed by atoms with E-state index in [1.807, 2.05) is 18.2 Å². The summed E-state index contributed by atoms with van der Waals surface area (Å²) in [6.07, 6.45) is 0.287. The summed E-state index contributed by atoms with van der Waals surface area (Å²) in [5.41, 5.74) is 9.36. The van der Waals surface area contributed by atoms with Crippen molar-refractivity contribution >= 4 is 0 Å². The monoisotopic (exact) mass is 221 g/mol. The molecule has 1 aromatic carbocycles. The lowest BCUT2D eigenvalue weighted by Gasteiger charge is -2.21. The highest BCUT2D eigenvalue weighted by molar-refractivity contribution is 5.31. The number of aliphatic hydroxyl groups is 1. The Labute approximate surface area is 98.5 Å². The van der Waals surface area contributed by atoms with Crippen LogP contribution in [0.1, 0.15) is 43.1 Å². The van der Waals surface area contributed by atoms with Crippen molar-refractivity contribution in [2.24, 2.45) is 11.7 Å². The van der Waals surface area contributed by atoms with Gasteiger partial charge in [0.1, 0.15) is 0 Å². The molecule has 0 bridgehead atoms. The maximum Gasteiger partial charge on any atom is 0.0941 e. The minimum absolute atomic E-state index is 0.179. The third kappa shape index (κ3) is 3.32. The second kappa shape index (κ2) is 5.46. The zero-order valence-electron chi connectivity index (χ0n) is 10.7. The fourth-order valence-electron chi connectivity index (χ4n) is 1.87. The van der Waals surface area contributed by atoms with Crippen LogP contribution in [0.4, 0.5) is 0 Å². The van der Waals surface area contributed by atoms with Crippen molar-refractivity contribution in [3.05, 3.63) is 34.9 Å². The molecule has 2 atom stereocenters. The number of benzene rings is 1. The fraction of sp³-hybridized carbons (Fsp3) is 0.571. The highest BCUT2D eigenvalue weighted by Crippen LogP contribution is 2.22. The van der Waals surface area contributed by atoms with Gasteiger partial charge < -0.3 is 10.8 Å². The van der Waals surface area contributed by atoms with Crippen LogP contribution >= 0.6 is 0 Å². The van der Waals surface area contributed by atoms with E-state index in [1.165, 1.54) is 11.1 Å². The molecule has 0 aromatic heterocycles. The van der Waals surface area contributed by atoms with Crippen molar-refractivity contribution in [2.75, 3.05) is 0 Å². The van der Waals surface area contributed by atoms with Crippen molar-refractivity contribution < 1.29 is 5.11 Å². The lowest BCUT2D eigenvalue weighted by atomic mass is 9.93. The molecule has 0 aliphatic rings. The van der Waals surface area contributed by atoms with E-state index in [9.17, 15) is 5.11 Å². The van der Waals surface area contributed by atoms with Gasteiger partial charge in [-0.3, -0.25) is 0 Å². The standard InChI is InChI=1S/C14H23NO/c1-9(2)7-13(15)14(16)12-6-5-10(3)11(4)8-12/h5-6,8-9,13-14,16H,7,15H2,1-4H3. The largest absolute Gasteiger partial charge is 0.387 e. The third-order valence-corrected chi connectivity index (χ3v) is 3.02. The molecule has 0 saturated heterocycles. The van der Waals surface area contributed by atoms with Gasteiger partial charge in [-0.05, 0) is 42.9 Å². The summed E-state index contributed by atoms with van der Waals surface area (Å²) < 4.78 is 0. The van der Waals surface area contributed by atoms with Crippen LogP contribution in [0.2, 0.25) is 0 Å². The summed E-state index contributed by atoms with van der Waals surface area (Å²) in [7, 11) is 0. The average Bonchev–Trinajstić information content (AvgIpc) is 2.20. The van der Waals surface area contributed by atoms with Gasteiger partial charge in [0.05, 0.1) is 6.10 Å². The van der Waals surface area contributed by atoms with E-state index in [-0.39, 0.29) is 6.04 Å². The first kappa shape index (κ1) is 13.2. The lowest BCUT2D eigenvalue weighted by Crippen LogP contribution is -2.29. The van der Waals surface area contributed by atoms with Crippen LogP contribution < -0.4 is 5.73 Å². The molecule has 1 aromatic rings. The molecule has 90 valence electrons. The van der Waals surface area contributed by atoms with Crippen LogP contribution in [0.5, 0.6) is 0 Å². The Morgan fingerprint density at radius 3 is 2.31 bits per heavy atom. The number of aliphatic hydroxyl groups excluding tert-OH is 1.